The van der Waals surface area contributed by atoms with Gasteiger partial charge in [-0.2, -0.15) is 0 Å². The van der Waals surface area contributed by atoms with Crippen LogP contribution in [0, 0.1) is 6.92 Å². The van der Waals surface area contributed by atoms with Gasteiger partial charge in [0.2, 0.25) is 5.88 Å². The van der Waals surface area contributed by atoms with Crippen LogP contribution in [-0.4, -0.2) is 21.0 Å². The van der Waals surface area contributed by atoms with Gasteiger partial charge in [-0.3, -0.25) is 9.97 Å². The van der Waals surface area contributed by atoms with E-state index in [1.54, 1.807) is 18.6 Å². The lowest BCUT2D eigenvalue weighted by Gasteiger charge is -2.08. The number of aromatic nitrogens is 3. The molecule has 0 fully saturated rings. The maximum Gasteiger partial charge on any atom is 0.237 e. The van der Waals surface area contributed by atoms with E-state index >= 15 is 0 Å². The maximum absolute atomic E-state index is 5.56. The molecule has 0 aliphatic carbocycles. The highest BCUT2D eigenvalue weighted by Gasteiger charge is 2.01. The standard InChI is InChI=1S/C14H18N4O/c1-10(2)15-6-12-7-18-14(9-17-12)19-13-5-4-11(3)16-8-13/h4-5,7-10,15H,6H2,1-3H3. The molecule has 0 spiro atoms. The van der Waals surface area contributed by atoms with E-state index < -0.39 is 0 Å². The summed E-state index contributed by atoms with van der Waals surface area (Å²) in [5.41, 5.74) is 1.84. The molecule has 5 heteroatoms. The van der Waals surface area contributed by atoms with Gasteiger partial charge in [0.25, 0.3) is 0 Å². The minimum Gasteiger partial charge on any atom is -0.436 e. The number of nitrogens with one attached hydrogen (secondary N) is 1. The average molecular weight is 258 g/mol. The smallest absolute Gasteiger partial charge is 0.237 e. The molecule has 0 radical (unpaired) electrons. The van der Waals surface area contributed by atoms with E-state index in [0.29, 0.717) is 24.2 Å². The van der Waals surface area contributed by atoms with Crippen molar-refractivity contribution in [3.8, 4) is 11.6 Å². The first-order valence-electron chi connectivity index (χ1n) is 6.28. The predicted octanol–water partition coefficient (Wildman–Crippen LogP) is 2.47. The highest BCUT2D eigenvalue weighted by atomic mass is 16.5. The van der Waals surface area contributed by atoms with Crippen LogP contribution < -0.4 is 10.1 Å². The Kier molecular flexibility index (Phi) is 4.41. The molecule has 2 heterocycles. The van der Waals surface area contributed by atoms with Crippen molar-refractivity contribution in [2.75, 3.05) is 0 Å². The minimum atomic E-state index is 0.427. The normalized spacial score (nSPS) is 10.7. The van der Waals surface area contributed by atoms with Gasteiger partial charge in [0.15, 0.2) is 0 Å². The summed E-state index contributed by atoms with van der Waals surface area (Å²) in [5.74, 6) is 1.13. The second kappa shape index (κ2) is 6.24. The Balaban J connectivity index is 1.96. The van der Waals surface area contributed by atoms with Gasteiger partial charge in [-0.15, -0.1) is 0 Å². The largest absolute Gasteiger partial charge is 0.436 e. The Morgan fingerprint density at radius 3 is 2.53 bits per heavy atom. The van der Waals surface area contributed by atoms with E-state index in [9.17, 15) is 0 Å². The minimum absolute atomic E-state index is 0.427. The highest BCUT2D eigenvalue weighted by molar-refractivity contribution is 5.24. The summed E-state index contributed by atoms with van der Waals surface area (Å²) in [5, 5.41) is 3.28. The molecule has 1 N–H and O–H groups in total. The maximum atomic E-state index is 5.56. The van der Waals surface area contributed by atoms with Crippen LogP contribution in [0.15, 0.2) is 30.7 Å². The average Bonchev–Trinajstić information content (AvgIpc) is 2.40. The molecule has 0 aromatic carbocycles. The molecule has 0 saturated carbocycles. The van der Waals surface area contributed by atoms with Gasteiger partial charge in [0.1, 0.15) is 5.75 Å². The van der Waals surface area contributed by atoms with Crippen molar-refractivity contribution < 1.29 is 4.74 Å². The molecule has 2 rings (SSSR count). The van der Waals surface area contributed by atoms with Crippen LogP contribution in [0.25, 0.3) is 0 Å². The first-order chi connectivity index (χ1) is 9.13. The van der Waals surface area contributed by atoms with E-state index in [-0.39, 0.29) is 0 Å². The Hall–Kier alpha value is -2.01. The van der Waals surface area contributed by atoms with E-state index in [0.717, 1.165) is 11.4 Å². The summed E-state index contributed by atoms with van der Waals surface area (Å²) in [6.45, 7) is 6.82. The predicted molar refractivity (Wildman–Crippen MR) is 73.1 cm³/mol. The third kappa shape index (κ3) is 4.30. The fourth-order valence-corrected chi connectivity index (χ4v) is 1.43. The fraction of sp³-hybridized carbons (Fsp3) is 0.357. The molecule has 2 aromatic heterocycles. The first kappa shape index (κ1) is 13.4. The summed E-state index contributed by atoms with van der Waals surface area (Å²) in [7, 11) is 0. The van der Waals surface area contributed by atoms with Gasteiger partial charge in [-0.05, 0) is 19.1 Å². The topological polar surface area (TPSA) is 59.9 Å². The first-order valence-corrected chi connectivity index (χ1v) is 6.28. The molecule has 0 atom stereocenters. The van der Waals surface area contributed by atoms with Crippen LogP contribution in [0.4, 0.5) is 0 Å². The van der Waals surface area contributed by atoms with Gasteiger partial charge in [-0.25, -0.2) is 4.98 Å². The fourth-order valence-electron chi connectivity index (χ4n) is 1.43. The molecule has 0 bridgehead atoms. The Morgan fingerprint density at radius 1 is 1.11 bits per heavy atom. The van der Waals surface area contributed by atoms with E-state index in [1.165, 1.54) is 0 Å². The number of nitrogens with zero attached hydrogens (tertiary/aromatic N) is 3. The SMILES string of the molecule is Cc1ccc(Oc2cnc(CNC(C)C)cn2)cn1. The van der Waals surface area contributed by atoms with Crippen LogP contribution in [0.5, 0.6) is 11.6 Å². The molecule has 0 unspecified atom stereocenters. The lowest BCUT2D eigenvalue weighted by molar-refractivity contribution is 0.456. The number of aryl methyl sites for hydroxylation is 1. The molecule has 5 nitrogen and oxygen atoms in total. The second-order valence-electron chi connectivity index (χ2n) is 4.62. The van der Waals surface area contributed by atoms with Crippen LogP contribution in [0.3, 0.4) is 0 Å². The van der Waals surface area contributed by atoms with Gasteiger partial charge in [0.05, 0.1) is 24.3 Å². The van der Waals surface area contributed by atoms with Gasteiger partial charge in [-0.1, -0.05) is 13.8 Å². The summed E-state index contributed by atoms with van der Waals surface area (Å²) >= 11 is 0. The van der Waals surface area contributed by atoms with Crippen LogP contribution >= 0.6 is 0 Å². The Bertz CT molecular complexity index is 508. The third-order valence-corrected chi connectivity index (χ3v) is 2.48. The van der Waals surface area contributed by atoms with Gasteiger partial charge in [0, 0.05) is 18.3 Å². The molecule has 0 saturated heterocycles. The number of pyridine rings is 1. The molecule has 19 heavy (non-hydrogen) atoms. The van der Waals surface area contributed by atoms with Crippen molar-refractivity contribution in [1.29, 1.82) is 0 Å². The molecule has 0 amide bonds. The Morgan fingerprint density at radius 2 is 1.95 bits per heavy atom. The monoisotopic (exact) mass is 258 g/mol. The molecule has 0 aliphatic heterocycles. The van der Waals surface area contributed by atoms with Crippen LogP contribution in [0.1, 0.15) is 25.2 Å². The van der Waals surface area contributed by atoms with Crippen LogP contribution in [-0.2, 0) is 6.54 Å². The molecular formula is C14H18N4O. The quantitative estimate of drug-likeness (QED) is 0.892. The Labute approximate surface area is 113 Å². The molecule has 0 aliphatic rings. The lowest BCUT2D eigenvalue weighted by atomic mass is 10.3. The van der Waals surface area contributed by atoms with Gasteiger partial charge < -0.3 is 10.1 Å². The summed E-state index contributed by atoms with van der Waals surface area (Å²) in [4.78, 5) is 12.7. The van der Waals surface area contributed by atoms with Gasteiger partial charge >= 0.3 is 0 Å². The molecule has 100 valence electrons. The summed E-state index contributed by atoms with van der Waals surface area (Å²) < 4.78 is 5.56. The molecule has 2 aromatic rings. The van der Waals surface area contributed by atoms with E-state index in [2.05, 4.69) is 34.1 Å². The lowest BCUT2D eigenvalue weighted by Crippen LogP contribution is -2.22. The number of hydrogen-bond acceptors (Lipinski definition) is 5. The highest BCUT2D eigenvalue weighted by Crippen LogP contribution is 2.17. The third-order valence-electron chi connectivity index (χ3n) is 2.48. The van der Waals surface area contributed by atoms with Crippen molar-refractivity contribution in [1.82, 2.24) is 20.3 Å². The van der Waals surface area contributed by atoms with Crippen molar-refractivity contribution in [2.45, 2.75) is 33.4 Å². The van der Waals surface area contributed by atoms with Crippen molar-refractivity contribution >= 4 is 0 Å². The zero-order valence-electron chi connectivity index (χ0n) is 11.4. The van der Waals surface area contributed by atoms with E-state index in [1.807, 2.05) is 19.1 Å². The summed E-state index contributed by atoms with van der Waals surface area (Å²) in [6, 6.07) is 4.18. The van der Waals surface area contributed by atoms with Crippen molar-refractivity contribution in [2.24, 2.45) is 0 Å². The summed E-state index contributed by atoms with van der Waals surface area (Å²) in [6.07, 6.45) is 5.01. The second-order valence-corrected chi connectivity index (χ2v) is 4.62. The zero-order chi connectivity index (χ0) is 13.7. The zero-order valence-corrected chi connectivity index (χ0v) is 11.4. The van der Waals surface area contributed by atoms with E-state index in [4.69, 9.17) is 4.74 Å². The van der Waals surface area contributed by atoms with Crippen molar-refractivity contribution in [3.63, 3.8) is 0 Å². The number of hydrogen-bond donors (Lipinski definition) is 1. The van der Waals surface area contributed by atoms with Crippen molar-refractivity contribution in [3.05, 3.63) is 42.1 Å². The van der Waals surface area contributed by atoms with Crippen LogP contribution in [0.2, 0.25) is 0 Å². The number of rotatable bonds is 5. The number of ether oxygens (including phenoxy) is 1. The molecular weight excluding hydrogens is 240 g/mol.